The van der Waals surface area contributed by atoms with Gasteiger partial charge >= 0.3 is 0 Å². The maximum absolute atomic E-state index is 12.0. The highest BCUT2D eigenvalue weighted by Gasteiger charge is 2.15. The van der Waals surface area contributed by atoms with E-state index in [9.17, 15) is 4.79 Å². The van der Waals surface area contributed by atoms with Gasteiger partial charge in [0.15, 0.2) is 0 Å². The summed E-state index contributed by atoms with van der Waals surface area (Å²) in [5.41, 5.74) is 1.04. The van der Waals surface area contributed by atoms with Crippen LogP contribution < -0.4 is 0 Å². The lowest BCUT2D eigenvalue weighted by Crippen LogP contribution is -2.37. The molecular formula is C13H19NOS2. The fourth-order valence-corrected chi connectivity index (χ4v) is 2.37. The van der Waals surface area contributed by atoms with Crippen LogP contribution in [-0.2, 0) is 11.2 Å². The van der Waals surface area contributed by atoms with Crippen molar-refractivity contribution >= 4 is 30.3 Å². The number of thioether (sulfide) groups is 1. The Kier molecular flexibility index (Phi) is 5.92. The molecule has 0 aromatic heterocycles. The van der Waals surface area contributed by atoms with Crippen molar-refractivity contribution < 1.29 is 4.79 Å². The van der Waals surface area contributed by atoms with E-state index in [-0.39, 0.29) is 11.9 Å². The van der Waals surface area contributed by atoms with Crippen LogP contribution in [0.1, 0.15) is 12.5 Å². The minimum atomic E-state index is 0.165. The third-order valence-electron chi connectivity index (χ3n) is 2.75. The van der Waals surface area contributed by atoms with Gasteiger partial charge in [0, 0.05) is 23.7 Å². The number of carbonyl (C=O) groups is 1. The number of thiol groups is 1. The monoisotopic (exact) mass is 269 g/mol. The van der Waals surface area contributed by atoms with E-state index in [4.69, 9.17) is 0 Å². The van der Waals surface area contributed by atoms with Crippen LogP contribution in [0.5, 0.6) is 0 Å². The average molecular weight is 269 g/mol. The number of likely N-dealkylation sites (N-methyl/N-ethyl adjacent to an activating group) is 1. The highest BCUT2D eigenvalue weighted by Crippen LogP contribution is 2.11. The molecule has 1 rings (SSSR count). The van der Waals surface area contributed by atoms with Gasteiger partial charge in [0.05, 0.1) is 6.42 Å². The van der Waals surface area contributed by atoms with Gasteiger partial charge in [-0.15, -0.1) is 12.6 Å². The molecule has 0 fully saturated rings. The Morgan fingerprint density at radius 2 is 2.00 bits per heavy atom. The second-order valence-corrected chi connectivity index (χ2v) is 5.58. The third-order valence-corrected chi connectivity index (χ3v) is 3.87. The number of hydrogen-bond donors (Lipinski definition) is 1. The van der Waals surface area contributed by atoms with Crippen molar-refractivity contribution in [2.24, 2.45) is 0 Å². The van der Waals surface area contributed by atoms with Crippen LogP contribution in [0.25, 0.3) is 0 Å². The van der Waals surface area contributed by atoms with Crippen LogP contribution in [-0.4, -0.2) is 35.9 Å². The molecule has 0 spiro atoms. The molecule has 2 nitrogen and oxygen atoms in total. The van der Waals surface area contributed by atoms with Crippen LogP contribution in [0.3, 0.4) is 0 Å². The van der Waals surface area contributed by atoms with E-state index in [2.05, 4.69) is 25.8 Å². The minimum absolute atomic E-state index is 0.165. The van der Waals surface area contributed by atoms with E-state index < -0.39 is 0 Å². The first-order valence-corrected chi connectivity index (χ1v) is 7.41. The summed E-state index contributed by atoms with van der Waals surface area (Å²) >= 11 is 5.98. The second-order valence-electron chi connectivity index (χ2n) is 4.15. The van der Waals surface area contributed by atoms with Crippen molar-refractivity contribution in [3.63, 3.8) is 0 Å². The summed E-state index contributed by atoms with van der Waals surface area (Å²) in [5.74, 6) is 1.14. The summed E-state index contributed by atoms with van der Waals surface area (Å²) in [6.45, 7) is 2.07. The van der Waals surface area contributed by atoms with E-state index in [0.29, 0.717) is 6.42 Å². The van der Waals surface area contributed by atoms with Crippen molar-refractivity contribution in [3.8, 4) is 0 Å². The molecule has 0 saturated heterocycles. The molecule has 0 heterocycles. The first-order chi connectivity index (χ1) is 8.04. The van der Waals surface area contributed by atoms with Gasteiger partial charge in [0.2, 0.25) is 5.91 Å². The van der Waals surface area contributed by atoms with Gasteiger partial charge < -0.3 is 4.90 Å². The zero-order valence-electron chi connectivity index (χ0n) is 10.5. The molecule has 0 aliphatic rings. The van der Waals surface area contributed by atoms with Crippen LogP contribution in [0.15, 0.2) is 29.2 Å². The molecule has 0 bridgehead atoms. The van der Waals surface area contributed by atoms with Crippen LogP contribution in [0.4, 0.5) is 0 Å². The summed E-state index contributed by atoms with van der Waals surface area (Å²) in [5, 5.41) is 0. The number of benzene rings is 1. The lowest BCUT2D eigenvalue weighted by molar-refractivity contribution is -0.130. The number of amides is 1. The highest BCUT2D eigenvalue weighted by atomic mass is 32.2. The number of hydrogen-bond acceptors (Lipinski definition) is 3. The molecule has 1 amide bonds. The standard InChI is InChI=1S/C13H19NOS2/c1-10(9-17-3)14(2)13(15)8-11-4-6-12(16)7-5-11/h4-7,10,16H,8-9H2,1-3H3. The average Bonchev–Trinajstić information content (AvgIpc) is 2.31. The van der Waals surface area contributed by atoms with Gasteiger partial charge in [-0.05, 0) is 30.9 Å². The molecule has 1 aromatic carbocycles. The molecular weight excluding hydrogens is 250 g/mol. The Morgan fingerprint density at radius 1 is 1.41 bits per heavy atom. The third kappa shape index (κ3) is 4.64. The van der Waals surface area contributed by atoms with Gasteiger partial charge in [-0.1, -0.05) is 12.1 Å². The quantitative estimate of drug-likeness (QED) is 0.830. The second kappa shape index (κ2) is 6.97. The predicted octanol–water partition coefficient (Wildman–Crippen LogP) is 2.73. The van der Waals surface area contributed by atoms with Crippen molar-refractivity contribution in [1.29, 1.82) is 0 Å². The molecule has 0 aliphatic heterocycles. The zero-order chi connectivity index (χ0) is 12.8. The topological polar surface area (TPSA) is 20.3 Å². The fraction of sp³-hybridized carbons (Fsp3) is 0.462. The van der Waals surface area contributed by atoms with Crippen LogP contribution in [0, 0.1) is 0 Å². The smallest absolute Gasteiger partial charge is 0.226 e. The fourth-order valence-electron chi connectivity index (χ4n) is 1.51. The Labute approximate surface area is 113 Å². The molecule has 1 unspecified atom stereocenters. The normalized spacial score (nSPS) is 12.2. The van der Waals surface area contributed by atoms with Crippen molar-refractivity contribution in [1.82, 2.24) is 4.90 Å². The van der Waals surface area contributed by atoms with Crippen molar-refractivity contribution in [3.05, 3.63) is 29.8 Å². The molecule has 94 valence electrons. The van der Waals surface area contributed by atoms with Crippen molar-refractivity contribution in [2.45, 2.75) is 24.3 Å². The molecule has 0 radical (unpaired) electrons. The van der Waals surface area contributed by atoms with Crippen molar-refractivity contribution in [2.75, 3.05) is 19.1 Å². The van der Waals surface area contributed by atoms with E-state index in [1.807, 2.05) is 36.2 Å². The van der Waals surface area contributed by atoms with Gasteiger partial charge in [0.25, 0.3) is 0 Å². The Morgan fingerprint density at radius 3 is 2.53 bits per heavy atom. The summed E-state index contributed by atoms with van der Waals surface area (Å²) in [6.07, 6.45) is 2.52. The van der Waals surface area contributed by atoms with Crippen LogP contribution in [0.2, 0.25) is 0 Å². The van der Waals surface area contributed by atoms with Gasteiger partial charge in [-0.2, -0.15) is 11.8 Å². The predicted molar refractivity (Wildman–Crippen MR) is 78.0 cm³/mol. The van der Waals surface area contributed by atoms with E-state index >= 15 is 0 Å². The molecule has 0 aliphatic carbocycles. The minimum Gasteiger partial charge on any atom is -0.342 e. The summed E-state index contributed by atoms with van der Waals surface area (Å²) < 4.78 is 0. The summed E-state index contributed by atoms with van der Waals surface area (Å²) in [7, 11) is 1.87. The number of rotatable bonds is 5. The molecule has 1 aromatic rings. The van der Waals surface area contributed by atoms with Crippen LogP contribution >= 0.6 is 24.4 Å². The lowest BCUT2D eigenvalue weighted by atomic mass is 10.1. The molecule has 0 N–H and O–H groups in total. The van der Waals surface area contributed by atoms with E-state index in [1.54, 1.807) is 11.8 Å². The molecule has 0 saturated carbocycles. The maximum atomic E-state index is 12.0. The SMILES string of the molecule is CSCC(C)N(C)C(=O)Cc1ccc(S)cc1. The number of nitrogens with zero attached hydrogens (tertiary/aromatic N) is 1. The Balaban J connectivity index is 2.56. The first-order valence-electron chi connectivity index (χ1n) is 5.57. The summed E-state index contributed by atoms with van der Waals surface area (Å²) in [4.78, 5) is 14.8. The zero-order valence-corrected chi connectivity index (χ0v) is 12.2. The van der Waals surface area contributed by atoms with Gasteiger partial charge in [-0.25, -0.2) is 0 Å². The summed E-state index contributed by atoms with van der Waals surface area (Å²) in [6, 6.07) is 8.01. The van der Waals surface area contributed by atoms with Gasteiger partial charge in [0.1, 0.15) is 0 Å². The Hall–Kier alpha value is -0.610. The molecule has 17 heavy (non-hydrogen) atoms. The highest BCUT2D eigenvalue weighted by molar-refractivity contribution is 7.98. The van der Waals surface area contributed by atoms with E-state index in [0.717, 1.165) is 16.2 Å². The molecule has 1 atom stereocenters. The largest absolute Gasteiger partial charge is 0.342 e. The first kappa shape index (κ1) is 14.5. The molecule has 4 heteroatoms. The Bertz CT molecular complexity index is 364. The lowest BCUT2D eigenvalue weighted by Gasteiger charge is -2.24. The van der Waals surface area contributed by atoms with E-state index in [1.165, 1.54) is 0 Å². The van der Waals surface area contributed by atoms with Gasteiger partial charge in [-0.3, -0.25) is 4.79 Å². The number of carbonyl (C=O) groups excluding carboxylic acids is 1. The maximum Gasteiger partial charge on any atom is 0.226 e.